The lowest BCUT2D eigenvalue weighted by Gasteiger charge is -2.66. The number of ether oxygens (including phenoxy) is 2. The number of hydrogen-bond acceptors (Lipinski definition) is 4. The van der Waals surface area contributed by atoms with Crippen LogP contribution in [0, 0.1) is 17.8 Å². The maximum atomic E-state index is 10.7. The predicted molar refractivity (Wildman–Crippen MR) is 92.8 cm³/mol. The second kappa shape index (κ2) is 4.86. The number of hydrogen-bond donors (Lipinski definition) is 2. The zero-order valence-electron chi connectivity index (χ0n) is 14.6. The Morgan fingerprint density at radius 1 is 1.28 bits per heavy atom. The normalized spacial score (nSPS) is 47.1. The predicted octanol–water partition coefficient (Wildman–Crippen LogP) is 2.41. The lowest BCUT2D eigenvalue weighted by atomic mass is 9.58. The minimum Gasteiger partial charge on any atom is -0.368 e. The number of aromatic nitrogens is 1. The van der Waals surface area contributed by atoms with Gasteiger partial charge in [0.15, 0.2) is 12.6 Å². The van der Waals surface area contributed by atoms with Crippen LogP contribution in [-0.2, 0) is 15.9 Å². The van der Waals surface area contributed by atoms with E-state index in [-0.39, 0.29) is 12.2 Å². The fourth-order valence-electron chi connectivity index (χ4n) is 6.61. The third kappa shape index (κ3) is 1.68. The molecule has 25 heavy (non-hydrogen) atoms. The van der Waals surface area contributed by atoms with Gasteiger partial charge in [-0.2, -0.15) is 0 Å². The average Bonchev–Trinajstić information content (AvgIpc) is 2.99. The van der Waals surface area contributed by atoms with Gasteiger partial charge in [0.1, 0.15) is 0 Å². The Bertz CT molecular complexity index is 849. The van der Waals surface area contributed by atoms with Crippen molar-refractivity contribution in [3.05, 3.63) is 35.5 Å². The van der Waals surface area contributed by atoms with Crippen molar-refractivity contribution in [2.45, 2.75) is 50.5 Å². The van der Waals surface area contributed by atoms with Gasteiger partial charge in [-0.1, -0.05) is 18.2 Å². The van der Waals surface area contributed by atoms with Crippen LogP contribution >= 0.6 is 0 Å². The number of para-hydroxylation sites is 1. The van der Waals surface area contributed by atoms with E-state index in [9.17, 15) is 5.11 Å². The van der Waals surface area contributed by atoms with E-state index in [0.29, 0.717) is 30.0 Å². The van der Waals surface area contributed by atoms with E-state index in [1.807, 2.05) is 0 Å². The van der Waals surface area contributed by atoms with Crippen molar-refractivity contribution in [1.82, 2.24) is 9.88 Å². The quantitative estimate of drug-likeness (QED) is 0.837. The van der Waals surface area contributed by atoms with Crippen molar-refractivity contribution in [2.75, 3.05) is 7.11 Å². The first-order valence-corrected chi connectivity index (χ1v) is 9.42. The molecule has 1 unspecified atom stereocenters. The fourth-order valence-corrected chi connectivity index (χ4v) is 6.61. The average molecular weight is 340 g/mol. The maximum absolute atomic E-state index is 10.7. The molecule has 1 aromatic heterocycles. The number of aliphatic hydroxyl groups is 1. The van der Waals surface area contributed by atoms with Crippen LogP contribution in [0.1, 0.15) is 30.6 Å². The van der Waals surface area contributed by atoms with E-state index in [1.165, 1.54) is 22.2 Å². The van der Waals surface area contributed by atoms with Crippen molar-refractivity contribution < 1.29 is 14.6 Å². The van der Waals surface area contributed by atoms with Crippen LogP contribution in [0.2, 0.25) is 0 Å². The summed E-state index contributed by atoms with van der Waals surface area (Å²) in [6.45, 7) is 2.31. The molecule has 0 amide bonds. The number of nitrogens with one attached hydrogen (secondary N) is 1. The molecule has 5 nitrogen and oxygen atoms in total. The molecule has 5 heteroatoms. The molecular formula is C20H24N2O3. The molecule has 132 valence electrons. The van der Waals surface area contributed by atoms with Crippen LogP contribution in [-0.4, -0.2) is 46.8 Å². The Balaban J connectivity index is 1.52. The molecule has 7 rings (SSSR count). The number of nitrogens with zero attached hydrogens (tertiary/aromatic N) is 1. The molecule has 5 aliphatic rings. The Labute approximate surface area is 146 Å². The van der Waals surface area contributed by atoms with Gasteiger partial charge in [0, 0.05) is 47.6 Å². The van der Waals surface area contributed by atoms with Crippen LogP contribution in [0.4, 0.5) is 0 Å². The summed E-state index contributed by atoms with van der Waals surface area (Å²) in [5.41, 5.74) is 4.09. The van der Waals surface area contributed by atoms with Crippen LogP contribution < -0.4 is 0 Å². The Morgan fingerprint density at radius 3 is 2.96 bits per heavy atom. The summed E-state index contributed by atoms with van der Waals surface area (Å²) < 4.78 is 11.5. The van der Waals surface area contributed by atoms with Crippen LogP contribution in [0.15, 0.2) is 24.3 Å². The van der Waals surface area contributed by atoms with Gasteiger partial charge in [0.05, 0.1) is 6.04 Å². The number of H-pyrrole nitrogens is 1. The second-order valence-electron chi connectivity index (χ2n) is 8.22. The third-order valence-electron chi connectivity index (χ3n) is 7.44. The minimum absolute atomic E-state index is 0.186. The van der Waals surface area contributed by atoms with Crippen LogP contribution in [0.5, 0.6) is 0 Å². The van der Waals surface area contributed by atoms with Gasteiger partial charge in [-0.25, -0.2) is 0 Å². The number of rotatable bonds is 1. The topological polar surface area (TPSA) is 57.7 Å². The van der Waals surface area contributed by atoms with Crippen molar-refractivity contribution in [3.8, 4) is 0 Å². The summed E-state index contributed by atoms with van der Waals surface area (Å²) >= 11 is 0. The van der Waals surface area contributed by atoms with Gasteiger partial charge >= 0.3 is 0 Å². The fraction of sp³-hybridized carbons (Fsp3) is 0.600. The number of fused-ring (bicyclic) bond motifs is 3. The van der Waals surface area contributed by atoms with Crippen molar-refractivity contribution >= 4 is 10.9 Å². The first-order valence-electron chi connectivity index (χ1n) is 9.42. The zero-order valence-corrected chi connectivity index (χ0v) is 14.6. The molecule has 9 atom stereocenters. The second-order valence-corrected chi connectivity index (χ2v) is 8.22. The minimum atomic E-state index is -0.723. The van der Waals surface area contributed by atoms with Crippen LogP contribution in [0.3, 0.4) is 0 Å². The SMILES string of the molecule is CO[C@@H]1O[C@@H](O)[C@@H]2[C@H]3C[C@H]4c5[nH]c6ccccc6c5C[C@@H]2N4[C@@H](C)[C@@H]13. The van der Waals surface area contributed by atoms with Gasteiger partial charge in [0.25, 0.3) is 0 Å². The van der Waals surface area contributed by atoms with Gasteiger partial charge in [0.2, 0.25) is 0 Å². The molecular weight excluding hydrogens is 316 g/mol. The highest BCUT2D eigenvalue weighted by molar-refractivity contribution is 5.85. The van der Waals surface area contributed by atoms with E-state index in [4.69, 9.17) is 9.47 Å². The zero-order chi connectivity index (χ0) is 16.9. The number of benzene rings is 1. The lowest BCUT2D eigenvalue weighted by molar-refractivity contribution is -0.355. The van der Waals surface area contributed by atoms with Gasteiger partial charge < -0.3 is 19.6 Å². The number of aromatic amines is 1. The molecule has 4 fully saturated rings. The summed E-state index contributed by atoms with van der Waals surface area (Å²) in [6, 6.07) is 9.80. The number of aliphatic hydroxyl groups excluding tert-OH is 1. The van der Waals surface area contributed by atoms with E-state index in [2.05, 4.69) is 41.1 Å². The van der Waals surface area contributed by atoms with Crippen molar-refractivity contribution in [3.63, 3.8) is 0 Å². The van der Waals surface area contributed by atoms with Crippen molar-refractivity contribution in [2.24, 2.45) is 17.8 Å². The first kappa shape index (κ1) is 14.7. The van der Waals surface area contributed by atoms with Gasteiger partial charge in [-0.05, 0) is 37.3 Å². The summed E-state index contributed by atoms with van der Waals surface area (Å²) in [4.78, 5) is 6.37. The molecule has 6 bridgehead atoms. The standard InChI is InChI=1S/C20H24N2O3/c1-9-16-12-8-15-18-11(10-5-3-4-6-13(10)21-18)7-14(22(9)15)17(12)19(23)25-20(16)24-2/h3-6,9,12,14-17,19-21,23H,7-8H2,1-2H3/t9-,12-,14-,15-,16+,17+,19+,20+/m0/s1. The molecule has 5 aliphatic heterocycles. The van der Waals surface area contributed by atoms with Gasteiger partial charge in [-0.3, -0.25) is 4.90 Å². The number of piperidine rings is 3. The summed E-state index contributed by atoms with van der Waals surface area (Å²) in [5.74, 6) is 0.991. The molecule has 0 aliphatic carbocycles. The Hall–Kier alpha value is -1.40. The van der Waals surface area contributed by atoms with E-state index in [1.54, 1.807) is 7.11 Å². The molecule has 6 heterocycles. The highest BCUT2D eigenvalue weighted by Gasteiger charge is 2.64. The smallest absolute Gasteiger partial charge is 0.164 e. The van der Waals surface area contributed by atoms with Crippen molar-refractivity contribution in [1.29, 1.82) is 0 Å². The monoisotopic (exact) mass is 340 g/mol. The van der Waals surface area contributed by atoms with Gasteiger partial charge in [-0.15, -0.1) is 0 Å². The van der Waals surface area contributed by atoms with E-state index >= 15 is 0 Å². The lowest BCUT2D eigenvalue weighted by Crippen LogP contribution is -2.73. The molecule has 0 radical (unpaired) electrons. The summed E-state index contributed by atoms with van der Waals surface area (Å²) in [6.07, 6.45) is 1.05. The Morgan fingerprint density at radius 2 is 2.12 bits per heavy atom. The molecule has 1 aromatic carbocycles. The molecule has 2 aromatic rings. The highest BCUT2D eigenvalue weighted by atomic mass is 16.7. The Kier molecular flexibility index (Phi) is 2.86. The maximum Gasteiger partial charge on any atom is 0.164 e. The largest absolute Gasteiger partial charge is 0.368 e. The van der Waals surface area contributed by atoms with E-state index < -0.39 is 6.29 Å². The molecule has 0 saturated carbocycles. The highest BCUT2D eigenvalue weighted by Crippen LogP contribution is 2.60. The first-order chi connectivity index (χ1) is 12.2. The summed E-state index contributed by atoms with van der Waals surface area (Å²) in [5, 5.41) is 12.1. The molecule has 0 spiro atoms. The third-order valence-corrected chi connectivity index (χ3v) is 7.44. The van der Waals surface area contributed by atoms with Crippen LogP contribution in [0.25, 0.3) is 10.9 Å². The molecule has 4 saturated heterocycles. The number of methoxy groups -OCH3 is 1. The van der Waals surface area contributed by atoms with E-state index in [0.717, 1.165) is 12.8 Å². The molecule has 2 N–H and O–H groups in total. The summed E-state index contributed by atoms with van der Waals surface area (Å²) in [7, 11) is 1.69.